The number of hydrogen-bond acceptors (Lipinski definition) is 6. The molecular formula is C24H24N4O3S. The molecule has 164 valence electrons. The largest absolute Gasteiger partial charge is 0.497 e. The zero-order valence-corrected chi connectivity index (χ0v) is 19.0. The highest BCUT2D eigenvalue weighted by atomic mass is 32.1. The molecule has 0 spiro atoms. The maximum Gasteiger partial charge on any atom is 0.262 e. The van der Waals surface area contributed by atoms with Crippen molar-refractivity contribution >= 4 is 28.6 Å². The lowest BCUT2D eigenvalue weighted by atomic mass is 10.1. The van der Waals surface area contributed by atoms with E-state index < -0.39 is 0 Å². The topological polar surface area (TPSA) is 77.2 Å². The standard InChI is InChI=1S/C24H24N4O3S/c1-15(2)12-25-24-28(27-16(3)17-6-5-7-19(10-17)30-4)21(14-32-24)18-8-9-22-20(11-18)26-23(29)13-31-22/h5-11,14H,1,12-13H2,2-4H3,(H,26,29). The molecule has 7 nitrogen and oxygen atoms in total. The molecule has 0 unspecified atom stereocenters. The van der Waals surface area contributed by atoms with E-state index in [1.54, 1.807) is 7.11 Å². The maximum absolute atomic E-state index is 11.8. The minimum Gasteiger partial charge on any atom is -0.497 e. The summed E-state index contributed by atoms with van der Waals surface area (Å²) in [5.41, 5.74) is 5.13. The molecule has 1 N–H and O–H groups in total. The summed E-state index contributed by atoms with van der Waals surface area (Å²) in [5.74, 6) is 1.25. The van der Waals surface area contributed by atoms with Gasteiger partial charge in [0.1, 0.15) is 11.5 Å². The minimum atomic E-state index is -0.170. The van der Waals surface area contributed by atoms with Gasteiger partial charge in [-0.2, -0.15) is 5.10 Å². The van der Waals surface area contributed by atoms with Crippen LogP contribution in [-0.2, 0) is 4.79 Å². The molecule has 0 fully saturated rings. The highest BCUT2D eigenvalue weighted by Crippen LogP contribution is 2.33. The van der Waals surface area contributed by atoms with Crippen LogP contribution in [0.1, 0.15) is 19.4 Å². The summed E-state index contributed by atoms with van der Waals surface area (Å²) < 4.78 is 12.7. The Kier molecular flexibility index (Phi) is 6.23. The van der Waals surface area contributed by atoms with Crippen LogP contribution in [0.15, 0.2) is 70.1 Å². The Labute approximate surface area is 190 Å². The van der Waals surface area contributed by atoms with Crippen molar-refractivity contribution in [2.24, 2.45) is 10.1 Å². The van der Waals surface area contributed by atoms with E-state index in [2.05, 4.69) is 16.9 Å². The number of aromatic nitrogens is 1. The van der Waals surface area contributed by atoms with E-state index in [0.717, 1.165) is 38.7 Å². The molecule has 0 bridgehead atoms. The van der Waals surface area contributed by atoms with Gasteiger partial charge in [0.2, 0.25) is 4.80 Å². The highest BCUT2D eigenvalue weighted by molar-refractivity contribution is 7.07. The molecule has 0 radical (unpaired) electrons. The van der Waals surface area contributed by atoms with Gasteiger partial charge in [-0.25, -0.2) is 4.68 Å². The number of benzene rings is 2. The van der Waals surface area contributed by atoms with Crippen molar-refractivity contribution in [1.82, 2.24) is 4.68 Å². The average Bonchev–Trinajstić information content (AvgIpc) is 3.19. The first kappa shape index (κ1) is 21.6. The normalized spacial score (nSPS) is 13.9. The molecule has 0 saturated heterocycles. The van der Waals surface area contributed by atoms with Crippen molar-refractivity contribution in [2.45, 2.75) is 13.8 Å². The predicted octanol–water partition coefficient (Wildman–Crippen LogP) is 4.31. The summed E-state index contributed by atoms with van der Waals surface area (Å²) in [4.78, 5) is 17.2. The number of carbonyl (C=O) groups excluding carboxylic acids is 1. The SMILES string of the molecule is C=C(C)CN=c1scc(-c2ccc3c(c2)NC(=O)CO3)n1N=C(C)c1cccc(OC)c1. The van der Waals surface area contributed by atoms with Crippen LogP contribution in [0.3, 0.4) is 0 Å². The Balaban J connectivity index is 1.82. The second kappa shape index (κ2) is 9.23. The van der Waals surface area contributed by atoms with Gasteiger partial charge >= 0.3 is 0 Å². The van der Waals surface area contributed by atoms with Gasteiger partial charge in [-0.05, 0) is 44.2 Å². The number of amides is 1. The minimum absolute atomic E-state index is 0.0265. The van der Waals surface area contributed by atoms with Crippen LogP contribution in [0.4, 0.5) is 5.69 Å². The van der Waals surface area contributed by atoms with Crippen LogP contribution in [0.25, 0.3) is 11.3 Å². The Morgan fingerprint density at radius 3 is 2.91 bits per heavy atom. The van der Waals surface area contributed by atoms with Crippen LogP contribution in [0.2, 0.25) is 0 Å². The summed E-state index contributed by atoms with van der Waals surface area (Å²) in [6.45, 7) is 8.38. The summed E-state index contributed by atoms with van der Waals surface area (Å²) in [6.07, 6.45) is 0. The predicted molar refractivity (Wildman–Crippen MR) is 128 cm³/mol. The van der Waals surface area contributed by atoms with Crippen molar-refractivity contribution in [1.29, 1.82) is 0 Å². The van der Waals surface area contributed by atoms with Gasteiger partial charge in [0, 0.05) is 16.5 Å². The Bertz CT molecular complexity index is 1290. The van der Waals surface area contributed by atoms with Crippen LogP contribution in [0.5, 0.6) is 11.5 Å². The molecule has 1 aromatic heterocycles. The fourth-order valence-electron chi connectivity index (χ4n) is 3.20. The highest BCUT2D eigenvalue weighted by Gasteiger charge is 2.18. The number of methoxy groups -OCH3 is 1. The first-order chi connectivity index (χ1) is 15.4. The molecule has 1 amide bonds. The molecule has 1 aliphatic heterocycles. The zero-order chi connectivity index (χ0) is 22.7. The molecule has 0 atom stereocenters. The molecule has 0 aliphatic carbocycles. The number of thiazole rings is 1. The van der Waals surface area contributed by atoms with E-state index >= 15 is 0 Å². The third kappa shape index (κ3) is 4.65. The van der Waals surface area contributed by atoms with Crippen LogP contribution in [-0.4, -0.2) is 36.6 Å². The Morgan fingerprint density at radius 2 is 2.12 bits per heavy atom. The number of ether oxygens (including phenoxy) is 2. The van der Waals surface area contributed by atoms with Crippen LogP contribution >= 0.6 is 11.3 Å². The average molecular weight is 449 g/mol. The van der Waals surface area contributed by atoms with E-state index in [1.807, 2.05) is 66.4 Å². The lowest BCUT2D eigenvalue weighted by molar-refractivity contribution is -0.118. The van der Waals surface area contributed by atoms with Crippen molar-refractivity contribution < 1.29 is 14.3 Å². The molecule has 4 rings (SSSR count). The van der Waals surface area contributed by atoms with Crippen molar-refractivity contribution in [3.63, 3.8) is 0 Å². The van der Waals surface area contributed by atoms with E-state index in [-0.39, 0.29) is 12.5 Å². The molecule has 2 aromatic carbocycles. The quantitative estimate of drug-likeness (QED) is 0.451. The zero-order valence-electron chi connectivity index (χ0n) is 18.2. The van der Waals surface area contributed by atoms with Gasteiger partial charge in [0.05, 0.1) is 30.7 Å². The molecule has 3 aromatic rings. The van der Waals surface area contributed by atoms with Crippen molar-refractivity contribution in [3.8, 4) is 22.8 Å². The smallest absolute Gasteiger partial charge is 0.262 e. The number of rotatable bonds is 6. The number of hydrogen-bond donors (Lipinski definition) is 1. The summed E-state index contributed by atoms with van der Waals surface area (Å²) in [5, 5.41) is 9.76. The first-order valence-corrected chi connectivity index (χ1v) is 10.9. The monoisotopic (exact) mass is 448 g/mol. The number of fused-ring (bicyclic) bond motifs is 1. The molecule has 32 heavy (non-hydrogen) atoms. The number of nitrogens with one attached hydrogen (secondary N) is 1. The first-order valence-electron chi connectivity index (χ1n) is 10.1. The Morgan fingerprint density at radius 1 is 1.28 bits per heavy atom. The van der Waals surface area contributed by atoms with Gasteiger partial charge in [0.15, 0.2) is 6.61 Å². The maximum atomic E-state index is 11.8. The molecule has 0 saturated carbocycles. The fourth-order valence-corrected chi connectivity index (χ4v) is 4.03. The summed E-state index contributed by atoms with van der Waals surface area (Å²) >= 11 is 1.50. The van der Waals surface area contributed by atoms with Gasteiger partial charge in [0.25, 0.3) is 5.91 Å². The Hall–Kier alpha value is -3.65. The van der Waals surface area contributed by atoms with Crippen molar-refractivity contribution in [3.05, 3.63) is 70.4 Å². The summed E-state index contributed by atoms with van der Waals surface area (Å²) in [6, 6.07) is 13.5. The van der Waals surface area contributed by atoms with Crippen molar-refractivity contribution in [2.75, 3.05) is 25.6 Å². The molecule has 2 heterocycles. The fraction of sp³-hybridized carbons (Fsp3) is 0.208. The van der Waals surface area contributed by atoms with Gasteiger partial charge in [-0.3, -0.25) is 9.79 Å². The summed E-state index contributed by atoms with van der Waals surface area (Å²) in [7, 11) is 1.64. The van der Waals surface area contributed by atoms with Crippen LogP contribution in [0, 0.1) is 0 Å². The molecule has 8 heteroatoms. The third-order valence-corrected chi connectivity index (χ3v) is 5.67. The van der Waals surface area contributed by atoms with E-state index in [0.29, 0.717) is 18.0 Å². The third-order valence-electron chi connectivity index (χ3n) is 4.82. The van der Waals surface area contributed by atoms with Crippen LogP contribution < -0.4 is 19.6 Å². The van der Waals surface area contributed by atoms with Gasteiger partial charge in [-0.15, -0.1) is 11.3 Å². The van der Waals surface area contributed by atoms with Gasteiger partial charge < -0.3 is 14.8 Å². The lowest BCUT2D eigenvalue weighted by Gasteiger charge is -2.18. The van der Waals surface area contributed by atoms with E-state index in [4.69, 9.17) is 14.6 Å². The molecule has 1 aliphatic rings. The molecular weight excluding hydrogens is 424 g/mol. The lowest BCUT2D eigenvalue weighted by Crippen LogP contribution is -2.25. The number of anilines is 1. The second-order valence-corrected chi connectivity index (χ2v) is 8.29. The van der Waals surface area contributed by atoms with Gasteiger partial charge in [-0.1, -0.05) is 24.3 Å². The second-order valence-electron chi connectivity index (χ2n) is 7.45. The number of nitrogens with zero attached hydrogens (tertiary/aromatic N) is 3. The van der Waals surface area contributed by atoms with E-state index in [9.17, 15) is 4.79 Å². The van der Waals surface area contributed by atoms with E-state index in [1.165, 1.54) is 11.3 Å². The number of carbonyl (C=O) groups is 1.